The topological polar surface area (TPSA) is 69.6 Å². The van der Waals surface area contributed by atoms with Crippen LogP contribution in [0.5, 0.6) is 0 Å². The average molecular weight is 217 g/mol. The Bertz CT molecular complexity index is 489. The summed E-state index contributed by atoms with van der Waals surface area (Å²) in [4.78, 5) is 8.86. The van der Waals surface area contributed by atoms with Gasteiger partial charge in [-0.1, -0.05) is 0 Å². The van der Waals surface area contributed by atoms with Crippen LogP contribution in [0.3, 0.4) is 0 Å². The molecule has 0 aliphatic carbocycles. The number of hydrogen-bond donors (Lipinski definition) is 1. The maximum absolute atomic E-state index is 5.53. The lowest BCUT2D eigenvalue weighted by Gasteiger charge is -2.03. The van der Waals surface area contributed by atoms with Gasteiger partial charge in [0.2, 0.25) is 0 Å². The normalized spacial score (nSPS) is 10.7. The molecule has 2 rings (SSSR count). The minimum atomic E-state index is 0.600. The Morgan fingerprint density at radius 3 is 2.81 bits per heavy atom. The van der Waals surface area contributed by atoms with Gasteiger partial charge in [-0.25, -0.2) is 9.97 Å². The van der Waals surface area contributed by atoms with Crippen molar-refractivity contribution < 1.29 is 0 Å². The Balaban J connectivity index is 2.40. The van der Waals surface area contributed by atoms with Crippen LogP contribution in [0.4, 0.5) is 0 Å². The van der Waals surface area contributed by atoms with Gasteiger partial charge >= 0.3 is 0 Å². The molecule has 2 N–H and O–H groups in total. The Kier molecular flexibility index (Phi) is 2.96. The van der Waals surface area contributed by atoms with Crippen molar-refractivity contribution in [3.63, 3.8) is 0 Å². The second-order valence-corrected chi connectivity index (χ2v) is 3.77. The summed E-state index contributed by atoms with van der Waals surface area (Å²) in [5, 5.41) is 4.11. The molecule has 2 aromatic heterocycles. The smallest absolute Gasteiger partial charge is 0.162 e. The Morgan fingerprint density at radius 1 is 1.38 bits per heavy atom. The van der Waals surface area contributed by atoms with Crippen LogP contribution in [-0.2, 0) is 13.5 Å². The van der Waals surface area contributed by atoms with Crippen LogP contribution < -0.4 is 5.73 Å². The van der Waals surface area contributed by atoms with Gasteiger partial charge in [0.25, 0.3) is 0 Å². The number of nitrogens with two attached hydrogens (primary N) is 1. The molecular formula is C11H15N5. The lowest BCUT2D eigenvalue weighted by molar-refractivity contribution is 0.768. The van der Waals surface area contributed by atoms with Gasteiger partial charge in [-0.2, -0.15) is 5.10 Å². The van der Waals surface area contributed by atoms with Gasteiger partial charge in [0.1, 0.15) is 0 Å². The van der Waals surface area contributed by atoms with Gasteiger partial charge in [0, 0.05) is 31.1 Å². The van der Waals surface area contributed by atoms with Crippen LogP contribution in [0.2, 0.25) is 0 Å². The molecule has 0 aliphatic rings. The van der Waals surface area contributed by atoms with Crippen LogP contribution >= 0.6 is 0 Å². The van der Waals surface area contributed by atoms with Gasteiger partial charge in [-0.3, -0.25) is 4.68 Å². The fourth-order valence-electron chi connectivity index (χ4n) is 1.58. The molecular weight excluding hydrogens is 202 g/mol. The van der Waals surface area contributed by atoms with Crippen molar-refractivity contribution in [2.45, 2.75) is 13.3 Å². The minimum Gasteiger partial charge on any atom is -0.330 e. The highest BCUT2D eigenvalue weighted by Crippen LogP contribution is 2.14. The van der Waals surface area contributed by atoms with Crippen molar-refractivity contribution in [3.8, 4) is 11.4 Å². The zero-order valence-corrected chi connectivity index (χ0v) is 9.51. The van der Waals surface area contributed by atoms with Gasteiger partial charge < -0.3 is 5.73 Å². The second kappa shape index (κ2) is 4.40. The van der Waals surface area contributed by atoms with E-state index in [9.17, 15) is 0 Å². The van der Waals surface area contributed by atoms with Crippen molar-refractivity contribution >= 4 is 0 Å². The van der Waals surface area contributed by atoms with E-state index >= 15 is 0 Å². The largest absolute Gasteiger partial charge is 0.330 e. The molecule has 0 amide bonds. The van der Waals surface area contributed by atoms with Gasteiger partial charge in [-0.15, -0.1) is 0 Å². The highest BCUT2D eigenvalue weighted by molar-refractivity contribution is 5.52. The van der Waals surface area contributed by atoms with Gasteiger partial charge in [0.05, 0.1) is 11.8 Å². The average Bonchev–Trinajstić information content (AvgIpc) is 2.64. The molecule has 84 valence electrons. The molecule has 0 unspecified atom stereocenters. The summed E-state index contributed by atoms with van der Waals surface area (Å²) in [6, 6.07) is 1.97. The Hall–Kier alpha value is -1.75. The zero-order chi connectivity index (χ0) is 11.5. The maximum Gasteiger partial charge on any atom is 0.162 e. The summed E-state index contributed by atoms with van der Waals surface area (Å²) in [5.74, 6) is 0.719. The summed E-state index contributed by atoms with van der Waals surface area (Å²) >= 11 is 0. The first-order chi connectivity index (χ1) is 7.69. The summed E-state index contributed by atoms with van der Waals surface area (Å²) in [5.41, 5.74) is 8.40. The molecule has 0 atom stereocenters. The van der Waals surface area contributed by atoms with Crippen molar-refractivity contribution in [1.82, 2.24) is 19.7 Å². The quantitative estimate of drug-likeness (QED) is 0.821. The minimum absolute atomic E-state index is 0.600. The molecule has 0 spiro atoms. The van der Waals surface area contributed by atoms with E-state index in [0.717, 1.165) is 29.2 Å². The molecule has 5 heteroatoms. The molecule has 0 fully saturated rings. The summed E-state index contributed by atoms with van der Waals surface area (Å²) in [7, 11) is 1.88. The van der Waals surface area contributed by atoms with Crippen LogP contribution in [-0.4, -0.2) is 26.3 Å². The van der Waals surface area contributed by atoms with E-state index in [2.05, 4.69) is 15.1 Å². The van der Waals surface area contributed by atoms with Crippen LogP contribution in [0.25, 0.3) is 11.4 Å². The summed E-state index contributed by atoms with van der Waals surface area (Å²) in [6.07, 6.45) is 4.44. The van der Waals surface area contributed by atoms with E-state index in [1.165, 1.54) is 0 Å². The Morgan fingerprint density at radius 2 is 2.19 bits per heavy atom. The van der Waals surface area contributed by atoms with Crippen LogP contribution in [0, 0.1) is 6.92 Å². The monoisotopic (exact) mass is 217 g/mol. The molecule has 0 aliphatic heterocycles. The molecule has 0 saturated heterocycles. The molecule has 0 bridgehead atoms. The molecule has 2 heterocycles. The van der Waals surface area contributed by atoms with Crippen molar-refractivity contribution in [2.24, 2.45) is 12.8 Å². The Labute approximate surface area is 94.3 Å². The van der Waals surface area contributed by atoms with E-state index in [1.807, 2.05) is 26.2 Å². The fraction of sp³-hybridized carbons (Fsp3) is 0.364. The second-order valence-electron chi connectivity index (χ2n) is 3.77. The third-order valence-electron chi connectivity index (χ3n) is 2.27. The fourth-order valence-corrected chi connectivity index (χ4v) is 1.58. The highest BCUT2D eigenvalue weighted by Gasteiger charge is 2.06. The SMILES string of the molecule is Cc1cc(CCN)nc(-c2cnn(C)c2)n1. The van der Waals surface area contributed by atoms with E-state index in [0.29, 0.717) is 6.54 Å². The number of aromatic nitrogens is 4. The van der Waals surface area contributed by atoms with E-state index < -0.39 is 0 Å². The number of nitrogens with zero attached hydrogens (tertiary/aromatic N) is 4. The lowest BCUT2D eigenvalue weighted by atomic mass is 10.2. The molecule has 0 saturated carbocycles. The summed E-state index contributed by atoms with van der Waals surface area (Å²) in [6.45, 7) is 2.56. The zero-order valence-electron chi connectivity index (χ0n) is 9.51. The van der Waals surface area contributed by atoms with E-state index in [-0.39, 0.29) is 0 Å². The van der Waals surface area contributed by atoms with Crippen molar-refractivity contribution in [3.05, 3.63) is 29.8 Å². The first kappa shape index (κ1) is 10.8. The molecule has 16 heavy (non-hydrogen) atoms. The number of aryl methyl sites for hydroxylation is 2. The first-order valence-corrected chi connectivity index (χ1v) is 5.22. The molecule has 0 radical (unpaired) electrons. The predicted octanol–water partition coefficient (Wildman–Crippen LogP) is 0.687. The summed E-state index contributed by atoms with van der Waals surface area (Å²) < 4.78 is 1.74. The van der Waals surface area contributed by atoms with Gasteiger partial charge in [0.15, 0.2) is 5.82 Å². The molecule has 5 nitrogen and oxygen atoms in total. The third-order valence-corrected chi connectivity index (χ3v) is 2.27. The maximum atomic E-state index is 5.53. The highest BCUT2D eigenvalue weighted by atomic mass is 15.2. The third kappa shape index (κ3) is 2.25. The van der Waals surface area contributed by atoms with Crippen molar-refractivity contribution in [2.75, 3.05) is 6.54 Å². The van der Waals surface area contributed by atoms with Crippen LogP contribution in [0.1, 0.15) is 11.4 Å². The van der Waals surface area contributed by atoms with Crippen LogP contribution in [0.15, 0.2) is 18.5 Å². The molecule has 0 aromatic carbocycles. The first-order valence-electron chi connectivity index (χ1n) is 5.22. The lowest BCUT2D eigenvalue weighted by Crippen LogP contribution is -2.06. The standard InChI is InChI=1S/C11H15N5/c1-8-5-10(3-4-12)15-11(14-8)9-6-13-16(2)7-9/h5-7H,3-4,12H2,1-2H3. The van der Waals surface area contributed by atoms with E-state index in [4.69, 9.17) is 5.73 Å². The van der Waals surface area contributed by atoms with Crippen molar-refractivity contribution in [1.29, 1.82) is 0 Å². The predicted molar refractivity (Wildman–Crippen MR) is 61.7 cm³/mol. The molecule has 2 aromatic rings. The number of rotatable bonds is 3. The number of hydrogen-bond acceptors (Lipinski definition) is 4. The van der Waals surface area contributed by atoms with Gasteiger partial charge in [-0.05, 0) is 19.5 Å². The van der Waals surface area contributed by atoms with E-state index in [1.54, 1.807) is 10.9 Å².